The molecule has 0 fully saturated rings. The molecule has 0 saturated carbocycles. The van der Waals surface area contributed by atoms with Crippen molar-refractivity contribution in [3.63, 3.8) is 0 Å². The molecule has 3 N–H and O–H groups in total. The first-order valence-electron chi connectivity index (χ1n) is 13.5. The van der Waals surface area contributed by atoms with Gasteiger partial charge in [-0.25, -0.2) is 9.97 Å². The number of unbranched alkanes of at least 4 members (excludes halogenated alkanes) is 1. The van der Waals surface area contributed by atoms with E-state index in [1.165, 1.54) is 44.0 Å². The Morgan fingerprint density at radius 1 is 0.824 bits per heavy atom. The lowest BCUT2D eigenvalue weighted by atomic mass is 10.1. The van der Waals surface area contributed by atoms with Crippen molar-refractivity contribution in [2.75, 3.05) is 5.73 Å². The highest BCUT2D eigenvalue weighted by Crippen LogP contribution is 2.11. The van der Waals surface area contributed by atoms with E-state index in [9.17, 15) is 0 Å². The summed E-state index contributed by atoms with van der Waals surface area (Å²) in [7, 11) is 0. The van der Waals surface area contributed by atoms with Crippen molar-refractivity contribution >= 4 is 16.9 Å². The number of nitrogen functional groups attached to an aromatic ring is 1. The second kappa shape index (κ2) is 32.7. The summed E-state index contributed by atoms with van der Waals surface area (Å²) in [5.41, 5.74) is 7.61. The van der Waals surface area contributed by atoms with E-state index in [1.54, 1.807) is 6.20 Å². The van der Waals surface area contributed by atoms with Gasteiger partial charge in [0.15, 0.2) is 5.65 Å². The maximum absolute atomic E-state index is 5.49. The molecule has 0 aliphatic rings. The van der Waals surface area contributed by atoms with Crippen molar-refractivity contribution in [3.05, 3.63) is 48.4 Å². The average molecular weight is 476 g/mol. The number of H-pyrrole nitrogens is 1. The summed E-state index contributed by atoms with van der Waals surface area (Å²) >= 11 is 0. The van der Waals surface area contributed by atoms with Gasteiger partial charge in [-0.1, -0.05) is 139 Å². The number of fused-ring (bicyclic) bond motifs is 1. The molecule has 2 heterocycles. The molecule has 5 heteroatoms. The van der Waals surface area contributed by atoms with Gasteiger partial charge in [-0.05, 0) is 17.9 Å². The minimum Gasteiger partial charge on any atom is -0.383 e. The van der Waals surface area contributed by atoms with Gasteiger partial charge >= 0.3 is 0 Å². The molecule has 0 radical (unpaired) electrons. The molecule has 5 nitrogen and oxygen atoms in total. The first-order chi connectivity index (χ1) is 16.6. The maximum atomic E-state index is 5.49. The van der Waals surface area contributed by atoms with Crippen molar-refractivity contribution < 1.29 is 0 Å². The summed E-state index contributed by atoms with van der Waals surface area (Å²) in [5, 5.41) is 7.20. The van der Waals surface area contributed by atoms with Gasteiger partial charge in [0.2, 0.25) is 0 Å². The Labute approximate surface area is 212 Å². The normalized spacial score (nSPS) is 8.38. The molecular weight excluding hydrogens is 418 g/mol. The van der Waals surface area contributed by atoms with Gasteiger partial charge in [-0.2, -0.15) is 5.10 Å². The van der Waals surface area contributed by atoms with Crippen molar-refractivity contribution in [2.45, 2.75) is 115 Å². The molecule has 34 heavy (non-hydrogen) atoms. The highest BCUT2D eigenvalue weighted by atomic mass is 15.1. The first kappa shape index (κ1) is 38.8. The van der Waals surface area contributed by atoms with E-state index < -0.39 is 0 Å². The maximum Gasteiger partial charge on any atom is 0.160 e. The number of benzene rings is 1. The topological polar surface area (TPSA) is 80.5 Å². The van der Waals surface area contributed by atoms with Gasteiger partial charge in [-0.15, -0.1) is 0 Å². The van der Waals surface area contributed by atoms with Crippen LogP contribution in [-0.2, 0) is 6.42 Å². The molecule has 0 amide bonds. The van der Waals surface area contributed by atoms with Crippen LogP contribution in [0.3, 0.4) is 0 Å². The Bertz CT molecular complexity index is 709. The van der Waals surface area contributed by atoms with E-state index in [1.807, 2.05) is 55.4 Å². The van der Waals surface area contributed by atoms with Crippen molar-refractivity contribution in [3.8, 4) is 0 Å². The largest absolute Gasteiger partial charge is 0.383 e. The van der Waals surface area contributed by atoms with Crippen LogP contribution >= 0.6 is 0 Å². The van der Waals surface area contributed by atoms with Crippen LogP contribution in [0.25, 0.3) is 11.0 Å². The SMILES string of the molecule is CC.CC.CC.CC.CCCCC(C)C.CCCc1ccccc1.Nc1ncnc2[nH]ncc12. The Morgan fingerprint density at radius 3 is 1.79 bits per heavy atom. The molecule has 0 saturated heterocycles. The highest BCUT2D eigenvalue weighted by Gasteiger charge is 1.98. The van der Waals surface area contributed by atoms with Gasteiger partial charge in [0, 0.05) is 0 Å². The summed E-state index contributed by atoms with van der Waals surface area (Å²) in [4.78, 5) is 7.68. The Balaban J connectivity index is -0.000000175. The van der Waals surface area contributed by atoms with E-state index in [2.05, 4.69) is 78.2 Å². The predicted molar refractivity (Wildman–Crippen MR) is 156 cm³/mol. The van der Waals surface area contributed by atoms with Gasteiger partial charge in [0.1, 0.15) is 12.1 Å². The molecule has 1 aromatic carbocycles. The molecular formula is C29H57N5. The minimum atomic E-state index is 0.457. The molecule has 3 rings (SSSR count). The number of aromatic nitrogens is 4. The highest BCUT2D eigenvalue weighted by molar-refractivity contribution is 5.83. The van der Waals surface area contributed by atoms with Crippen LogP contribution in [0.1, 0.15) is 114 Å². The fourth-order valence-corrected chi connectivity index (χ4v) is 2.33. The third kappa shape index (κ3) is 22.8. The second-order valence-corrected chi connectivity index (χ2v) is 6.66. The predicted octanol–water partition coefficient (Wildman–Crippen LogP) is 9.51. The molecule has 0 aliphatic carbocycles. The van der Waals surface area contributed by atoms with E-state index in [0.29, 0.717) is 11.5 Å². The summed E-state index contributed by atoms with van der Waals surface area (Å²) < 4.78 is 0. The van der Waals surface area contributed by atoms with E-state index in [-0.39, 0.29) is 0 Å². The summed E-state index contributed by atoms with van der Waals surface area (Å²) in [6.07, 6.45) is 9.59. The monoisotopic (exact) mass is 475 g/mol. The molecule has 3 aromatic rings. The van der Waals surface area contributed by atoms with Crippen LogP contribution in [-0.4, -0.2) is 20.2 Å². The fourth-order valence-electron chi connectivity index (χ4n) is 2.33. The summed E-state index contributed by atoms with van der Waals surface area (Å²) in [6.45, 7) is 25.0. The second-order valence-electron chi connectivity index (χ2n) is 6.66. The quantitative estimate of drug-likeness (QED) is 0.385. The molecule has 0 bridgehead atoms. The minimum absolute atomic E-state index is 0.457. The molecule has 0 unspecified atom stereocenters. The third-order valence-electron chi connectivity index (χ3n) is 3.80. The zero-order chi connectivity index (χ0) is 27.2. The van der Waals surface area contributed by atoms with Crippen molar-refractivity contribution in [1.29, 1.82) is 0 Å². The van der Waals surface area contributed by atoms with Gasteiger partial charge in [-0.3, -0.25) is 5.10 Å². The van der Waals surface area contributed by atoms with Gasteiger partial charge < -0.3 is 5.73 Å². The van der Waals surface area contributed by atoms with E-state index in [0.717, 1.165) is 11.3 Å². The lowest BCUT2D eigenvalue weighted by Crippen LogP contribution is -1.90. The Kier molecular flexibility index (Phi) is 37.4. The zero-order valence-corrected chi connectivity index (χ0v) is 24.6. The Hall–Kier alpha value is -2.43. The smallest absolute Gasteiger partial charge is 0.160 e. The third-order valence-corrected chi connectivity index (χ3v) is 3.80. The number of nitrogens with zero attached hydrogens (tertiary/aromatic N) is 3. The number of nitrogens with two attached hydrogens (primary N) is 1. The van der Waals surface area contributed by atoms with Crippen LogP contribution < -0.4 is 5.73 Å². The summed E-state index contributed by atoms with van der Waals surface area (Å²) in [6, 6.07) is 10.6. The first-order valence-corrected chi connectivity index (χ1v) is 13.5. The van der Waals surface area contributed by atoms with Crippen LogP contribution in [0.2, 0.25) is 0 Å². The number of hydrogen-bond acceptors (Lipinski definition) is 4. The fraction of sp³-hybridized carbons (Fsp3) is 0.621. The number of aromatic amines is 1. The average Bonchev–Trinajstić information content (AvgIpc) is 3.40. The van der Waals surface area contributed by atoms with Crippen molar-refractivity contribution in [2.24, 2.45) is 5.92 Å². The number of aryl methyl sites for hydroxylation is 1. The standard InChI is InChI=1S/C9H12.C7H16.C5H5N5.4C2H6/c1-2-6-9-7-4-3-5-8-9;1-4-5-6-7(2)3;6-4-3-1-9-10-5(3)8-2-7-4;4*1-2/h3-5,7-8H,2,6H2,1H3;7H,4-6H2,1-3H3;1-2H,(H3,6,7,8,9,10);4*1-2H3. The van der Waals surface area contributed by atoms with Crippen LogP contribution in [0.5, 0.6) is 0 Å². The van der Waals surface area contributed by atoms with E-state index >= 15 is 0 Å². The Morgan fingerprint density at radius 2 is 1.38 bits per heavy atom. The van der Waals surface area contributed by atoms with Gasteiger partial charge in [0.05, 0.1) is 11.6 Å². The number of anilines is 1. The molecule has 0 spiro atoms. The zero-order valence-electron chi connectivity index (χ0n) is 24.6. The van der Waals surface area contributed by atoms with Crippen LogP contribution in [0.15, 0.2) is 42.9 Å². The van der Waals surface area contributed by atoms with Crippen LogP contribution in [0.4, 0.5) is 5.82 Å². The molecule has 0 aliphatic heterocycles. The van der Waals surface area contributed by atoms with Gasteiger partial charge in [0.25, 0.3) is 0 Å². The van der Waals surface area contributed by atoms with Crippen molar-refractivity contribution in [1.82, 2.24) is 20.2 Å². The molecule has 0 atom stereocenters. The lowest BCUT2D eigenvalue weighted by Gasteiger charge is -1.98. The number of nitrogens with one attached hydrogen (secondary N) is 1. The van der Waals surface area contributed by atoms with E-state index in [4.69, 9.17) is 5.73 Å². The van der Waals surface area contributed by atoms with Crippen LogP contribution in [0, 0.1) is 5.92 Å². The molecule has 198 valence electrons. The summed E-state index contributed by atoms with van der Waals surface area (Å²) in [5.74, 6) is 1.36. The lowest BCUT2D eigenvalue weighted by molar-refractivity contribution is 0.550. The molecule has 2 aromatic heterocycles. The number of hydrogen-bond donors (Lipinski definition) is 2. The number of rotatable bonds is 5.